The molecule has 28 heavy (non-hydrogen) atoms. The van der Waals surface area contributed by atoms with Crippen LogP contribution in [0.5, 0.6) is 0 Å². The van der Waals surface area contributed by atoms with E-state index >= 15 is 0 Å². The van der Waals surface area contributed by atoms with Gasteiger partial charge in [0, 0.05) is 43.2 Å². The summed E-state index contributed by atoms with van der Waals surface area (Å²) in [5.74, 6) is -0.0373. The molecule has 1 fully saturated rings. The summed E-state index contributed by atoms with van der Waals surface area (Å²) < 4.78 is 0. The van der Waals surface area contributed by atoms with Crippen molar-refractivity contribution in [2.45, 2.75) is 33.7 Å². The Morgan fingerprint density at radius 2 is 1.82 bits per heavy atom. The van der Waals surface area contributed by atoms with E-state index in [2.05, 4.69) is 52.5 Å². The number of nitrogens with one attached hydrogen (secondary N) is 2. The molecule has 1 unspecified atom stereocenters. The SMILES string of the molecule is CCN1CCN(c2ccc(NC(C)C(=O)Nc3cccc(C)c3)c(C)c2)CC1. The Balaban J connectivity index is 1.60. The highest BCUT2D eigenvalue weighted by Gasteiger charge is 2.18. The smallest absolute Gasteiger partial charge is 0.246 e. The Kier molecular flexibility index (Phi) is 6.57. The summed E-state index contributed by atoms with van der Waals surface area (Å²) in [4.78, 5) is 17.4. The Morgan fingerprint density at radius 1 is 1.07 bits per heavy atom. The van der Waals surface area contributed by atoms with Crippen LogP contribution in [0.2, 0.25) is 0 Å². The van der Waals surface area contributed by atoms with Crippen LogP contribution in [-0.4, -0.2) is 49.6 Å². The number of likely N-dealkylation sites (N-methyl/N-ethyl adjacent to an activating group) is 1. The van der Waals surface area contributed by atoms with E-state index in [1.165, 1.54) is 5.69 Å². The van der Waals surface area contributed by atoms with Crippen LogP contribution in [0.15, 0.2) is 42.5 Å². The molecule has 1 aliphatic rings. The molecule has 0 aromatic heterocycles. The molecular weight excluding hydrogens is 348 g/mol. The fourth-order valence-electron chi connectivity index (χ4n) is 3.60. The van der Waals surface area contributed by atoms with Crippen molar-refractivity contribution in [3.8, 4) is 0 Å². The van der Waals surface area contributed by atoms with Crippen LogP contribution in [0.25, 0.3) is 0 Å². The monoisotopic (exact) mass is 380 g/mol. The van der Waals surface area contributed by atoms with Crippen molar-refractivity contribution < 1.29 is 4.79 Å². The first-order valence-corrected chi connectivity index (χ1v) is 10.2. The fraction of sp³-hybridized carbons (Fsp3) is 0.435. The zero-order valence-corrected chi connectivity index (χ0v) is 17.5. The summed E-state index contributed by atoms with van der Waals surface area (Å²) in [6, 6.07) is 14.0. The van der Waals surface area contributed by atoms with E-state index in [1.807, 2.05) is 38.1 Å². The highest BCUT2D eigenvalue weighted by molar-refractivity contribution is 5.96. The van der Waals surface area contributed by atoms with Crippen molar-refractivity contribution in [1.82, 2.24) is 4.90 Å². The Labute approximate surface area is 168 Å². The predicted molar refractivity (Wildman–Crippen MR) is 118 cm³/mol. The standard InChI is InChI=1S/C23H32N4O/c1-5-26-11-13-27(14-12-26)21-9-10-22(18(3)16-21)24-19(4)23(28)25-20-8-6-7-17(2)15-20/h6-10,15-16,19,24H,5,11-14H2,1-4H3,(H,25,28). The second kappa shape index (κ2) is 9.11. The molecule has 1 amide bonds. The largest absolute Gasteiger partial charge is 0.374 e. The number of benzene rings is 2. The average molecular weight is 381 g/mol. The number of amides is 1. The van der Waals surface area contributed by atoms with Crippen molar-refractivity contribution in [1.29, 1.82) is 0 Å². The van der Waals surface area contributed by atoms with Crippen LogP contribution in [0, 0.1) is 13.8 Å². The summed E-state index contributed by atoms with van der Waals surface area (Å²) in [6.07, 6.45) is 0. The molecule has 0 spiro atoms. The molecule has 1 heterocycles. The van der Waals surface area contributed by atoms with E-state index < -0.39 is 0 Å². The van der Waals surface area contributed by atoms with Crippen LogP contribution in [0.3, 0.4) is 0 Å². The highest BCUT2D eigenvalue weighted by atomic mass is 16.2. The molecule has 5 heteroatoms. The van der Waals surface area contributed by atoms with Gasteiger partial charge in [0.15, 0.2) is 0 Å². The molecule has 3 rings (SSSR count). The quantitative estimate of drug-likeness (QED) is 0.798. The van der Waals surface area contributed by atoms with Gasteiger partial charge >= 0.3 is 0 Å². The fourth-order valence-corrected chi connectivity index (χ4v) is 3.60. The van der Waals surface area contributed by atoms with Crippen molar-refractivity contribution in [3.05, 3.63) is 53.6 Å². The van der Waals surface area contributed by atoms with E-state index in [1.54, 1.807) is 0 Å². The Morgan fingerprint density at radius 3 is 2.46 bits per heavy atom. The van der Waals surface area contributed by atoms with Gasteiger partial charge in [0.25, 0.3) is 0 Å². The van der Waals surface area contributed by atoms with Gasteiger partial charge in [0.2, 0.25) is 5.91 Å². The van der Waals surface area contributed by atoms with Crippen LogP contribution >= 0.6 is 0 Å². The van der Waals surface area contributed by atoms with Crippen LogP contribution in [0.1, 0.15) is 25.0 Å². The molecule has 1 saturated heterocycles. The van der Waals surface area contributed by atoms with Gasteiger partial charge in [-0.05, 0) is 68.8 Å². The lowest BCUT2D eigenvalue weighted by molar-refractivity contribution is -0.116. The lowest BCUT2D eigenvalue weighted by atomic mass is 10.1. The minimum atomic E-state index is -0.321. The molecular formula is C23H32N4O. The lowest BCUT2D eigenvalue weighted by Gasteiger charge is -2.35. The third kappa shape index (κ3) is 5.04. The topological polar surface area (TPSA) is 47.6 Å². The molecule has 2 aromatic carbocycles. The molecule has 0 aliphatic carbocycles. The predicted octanol–water partition coefficient (Wildman–Crippen LogP) is 3.88. The number of carbonyl (C=O) groups is 1. The number of carbonyl (C=O) groups excluding carboxylic acids is 1. The minimum absolute atomic E-state index is 0.0373. The van der Waals surface area contributed by atoms with E-state index in [4.69, 9.17) is 0 Å². The molecule has 0 saturated carbocycles. The number of piperazine rings is 1. The number of hydrogen-bond acceptors (Lipinski definition) is 4. The Hall–Kier alpha value is -2.53. The number of aryl methyl sites for hydroxylation is 2. The van der Waals surface area contributed by atoms with Gasteiger partial charge in [-0.1, -0.05) is 19.1 Å². The first-order valence-electron chi connectivity index (χ1n) is 10.2. The van der Waals surface area contributed by atoms with Crippen molar-refractivity contribution in [2.75, 3.05) is 48.3 Å². The zero-order chi connectivity index (χ0) is 20.1. The maximum absolute atomic E-state index is 12.5. The van der Waals surface area contributed by atoms with Crippen molar-refractivity contribution in [3.63, 3.8) is 0 Å². The van der Waals surface area contributed by atoms with Crippen LogP contribution in [0.4, 0.5) is 17.1 Å². The first kappa shape index (κ1) is 20.2. The minimum Gasteiger partial charge on any atom is -0.374 e. The summed E-state index contributed by atoms with van der Waals surface area (Å²) in [6.45, 7) is 13.7. The lowest BCUT2D eigenvalue weighted by Crippen LogP contribution is -2.46. The molecule has 2 N–H and O–H groups in total. The van der Waals surface area contributed by atoms with E-state index in [0.29, 0.717) is 0 Å². The summed E-state index contributed by atoms with van der Waals surface area (Å²) in [5.41, 5.74) is 5.38. The molecule has 2 aromatic rings. The molecule has 0 radical (unpaired) electrons. The summed E-state index contributed by atoms with van der Waals surface area (Å²) >= 11 is 0. The van der Waals surface area contributed by atoms with Crippen molar-refractivity contribution >= 4 is 23.0 Å². The van der Waals surface area contributed by atoms with Crippen LogP contribution in [-0.2, 0) is 4.79 Å². The zero-order valence-electron chi connectivity index (χ0n) is 17.5. The maximum atomic E-state index is 12.5. The second-order valence-corrected chi connectivity index (χ2v) is 7.65. The Bertz CT molecular complexity index is 812. The van der Waals surface area contributed by atoms with Crippen molar-refractivity contribution in [2.24, 2.45) is 0 Å². The van der Waals surface area contributed by atoms with Gasteiger partial charge in [-0.25, -0.2) is 0 Å². The highest BCUT2D eigenvalue weighted by Crippen LogP contribution is 2.24. The summed E-state index contributed by atoms with van der Waals surface area (Å²) in [5, 5.41) is 6.33. The first-order chi connectivity index (χ1) is 13.5. The number of rotatable bonds is 6. The van der Waals surface area contributed by atoms with E-state index in [0.717, 1.165) is 55.2 Å². The molecule has 150 valence electrons. The van der Waals surface area contributed by atoms with E-state index in [-0.39, 0.29) is 11.9 Å². The number of hydrogen-bond donors (Lipinski definition) is 2. The molecule has 1 atom stereocenters. The third-order valence-corrected chi connectivity index (χ3v) is 5.45. The van der Waals surface area contributed by atoms with Gasteiger partial charge < -0.3 is 20.4 Å². The molecule has 0 bridgehead atoms. The third-order valence-electron chi connectivity index (χ3n) is 5.45. The maximum Gasteiger partial charge on any atom is 0.246 e. The van der Waals surface area contributed by atoms with Gasteiger partial charge in [-0.2, -0.15) is 0 Å². The van der Waals surface area contributed by atoms with E-state index in [9.17, 15) is 4.79 Å². The summed E-state index contributed by atoms with van der Waals surface area (Å²) in [7, 11) is 0. The normalized spacial score (nSPS) is 15.9. The van der Waals surface area contributed by atoms with Gasteiger partial charge in [0.05, 0.1) is 0 Å². The number of nitrogens with zero attached hydrogens (tertiary/aromatic N) is 2. The number of anilines is 3. The molecule has 1 aliphatic heterocycles. The second-order valence-electron chi connectivity index (χ2n) is 7.65. The van der Waals surface area contributed by atoms with Crippen LogP contribution < -0.4 is 15.5 Å². The van der Waals surface area contributed by atoms with Gasteiger partial charge in [-0.3, -0.25) is 4.79 Å². The molecule has 5 nitrogen and oxygen atoms in total. The average Bonchev–Trinajstić information content (AvgIpc) is 2.69. The van der Waals surface area contributed by atoms with Gasteiger partial charge in [0.1, 0.15) is 6.04 Å². The van der Waals surface area contributed by atoms with Gasteiger partial charge in [-0.15, -0.1) is 0 Å².